The quantitative estimate of drug-likeness (QED) is 0.784. The zero-order valence-electron chi connectivity index (χ0n) is 12.6. The molecule has 0 N–H and O–H groups in total. The molecule has 2 heteroatoms. The standard InChI is InChI=1S/C15H18N2.C2H6/c1-4-12-13(11(2)3)7-5-8-14(12)15-9-6-10-16-17-15;1-2/h5-11H,4H2,1-3H3;1-2H3. The molecule has 1 aromatic heterocycles. The predicted octanol–water partition coefficient (Wildman–Crippen LogP) is 4.86. The smallest absolute Gasteiger partial charge is 0.0932 e. The summed E-state index contributed by atoms with van der Waals surface area (Å²) in [6, 6.07) is 10.4. The van der Waals surface area contributed by atoms with E-state index < -0.39 is 0 Å². The molecule has 2 rings (SSSR count). The average molecular weight is 256 g/mol. The van der Waals surface area contributed by atoms with Crippen LogP contribution >= 0.6 is 0 Å². The second-order valence-electron chi connectivity index (χ2n) is 4.49. The van der Waals surface area contributed by atoms with Crippen LogP contribution in [0.3, 0.4) is 0 Å². The van der Waals surface area contributed by atoms with Gasteiger partial charge in [-0.05, 0) is 35.6 Å². The third kappa shape index (κ3) is 3.63. The first kappa shape index (κ1) is 15.4. The highest BCUT2D eigenvalue weighted by molar-refractivity contribution is 5.65. The predicted molar refractivity (Wildman–Crippen MR) is 82.3 cm³/mol. The maximum atomic E-state index is 4.21. The molecule has 0 aliphatic carbocycles. The number of rotatable bonds is 3. The van der Waals surface area contributed by atoms with Crippen LogP contribution < -0.4 is 0 Å². The lowest BCUT2D eigenvalue weighted by Crippen LogP contribution is -1.99. The van der Waals surface area contributed by atoms with Gasteiger partial charge in [0.2, 0.25) is 0 Å². The molecule has 2 nitrogen and oxygen atoms in total. The van der Waals surface area contributed by atoms with Crippen molar-refractivity contribution in [2.75, 3.05) is 0 Å². The fourth-order valence-corrected chi connectivity index (χ4v) is 2.23. The van der Waals surface area contributed by atoms with Gasteiger partial charge in [-0.25, -0.2) is 0 Å². The van der Waals surface area contributed by atoms with Crippen molar-refractivity contribution < 1.29 is 0 Å². The van der Waals surface area contributed by atoms with Crippen molar-refractivity contribution in [3.05, 3.63) is 47.7 Å². The third-order valence-corrected chi connectivity index (χ3v) is 3.04. The Kier molecular flexibility index (Phi) is 6.20. The Labute approximate surface area is 116 Å². The van der Waals surface area contributed by atoms with Crippen LogP contribution in [-0.2, 0) is 6.42 Å². The van der Waals surface area contributed by atoms with E-state index in [1.165, 1.54) is 16.7 Å². The van der Waals surface area contributed by atoms with Gasteiger partial charge in [-0.2, -0.15) is 10.2 Å². The number of hydrogen-bond donors (Lipinski definition) is 0. The minimum Gasteiger partial charge on any atom is -0.159 e. The van der Waals surface area contributed by atoms with E-state index in [0.717, 1.165) is 12.1 Å². The van der Waals surface area contributed by atoms with Gasteiger partial charge in [0, 0.05) is 11.8 Å². The zero-order chi connectivity index (χ0) is 14.3. The van der Waals surface area contributed by atoms with Crippen molar-refractivity contribution in [3.63, 3.8) is 0 Å². The van der Waals surface area contributed by atoms with Crippen molar-refractivity contribution in [2.24, 2.45) is 0 Å². The molecule has 19 heavy (non-hydrogen) atoms. The summed E-state index contributed by atoms with van der Waals surface area (Å²) >= 11 is 0. The summed E-state index contributed by atoms with van der Waals surface area (Å²) in [7, 11) is 0. The number of aromatic nitrogens is 2. The lowest BCUT2D eigenvalue weighted by Gasteiger charge is -2.15. The van der Waals surface area contributed by atoms with Gasteiger partial charge >= 0.3 is 0 Å². The van der Waals surface area contributed by atoms with E-state index in [1.54, 1.807) is 6.20 Å². The van der Waals surface area contributed by atoms with Crippen molar-refractivity contribution >= 4 is 0 Å². The summed E-state index contributed by atoms with van der Waals surface area (Å²) < 4.78 is 0. The van der Waals surface area contributed by atoms with Crippen LogP contribution in [0.2, 0.25) is 0 Å². The minimum atomic E-state index is 0.543. The first-order chi connectivity index (χ1) is 9.24. The van der Waals surface area contributed by atoms with Gasteiger partial charge in [-0.1, -0.05) is 52.8 Å². The molecule has 0 aliphatic rings. The molecule has 0 saturated carbocycles. The van der Waals surface area contributed by atoms with Crippen LogP contribution in [0.1, 0.15) is 51.7 Å². The molecule has 2 aromatic rings. The Bertz CT molecular complexity index is 490. The third-order valence-electron chi connectivity index (χ3n) is 3.04. The van der Waals surface area contributed by atoms with E-state index in [4.69, 9.17) is 0 Å². The maximum absolute atomic E-state index is 4.21. The van der Waals surface area contributed by atoms with Crippen LogP contribution in [0, 0.1) is 0 Å². The van der Waals surface area contributed by atoms with Gasteiger partial charge in [0.25, 0.3) is 0 Å². The molecule has 0 aliphatic heterocycles. The molecule has 0 atom stereocenters. The Balaban J connectivity index is 0.000000861. The van der Waals surface area contributed by atoms with E-state index in [0.29, 0.717) is 5.92 Å². The Hall–Kier alpha value is -1.70. The van der Waals surface area contributed by atoms with E-state index >= 15 is 0 Å². The van der Waals surface area contributed by atoms with E-state index in [9.17, 15) is 0 Å². The second kappa shape index (κ2) is 7.67. The molecule has 0 bridgehead atoms. The zero-order valence-corrected chi connectivity index (χ0v) is 12.6. The highest BCUT2D eigenvalue weighted by atomic mass is 15.1. The molecule has 102 valence electrons. The summed E-state index contributed by atoms with van der Waals surface area (Å²) in [5.74, 6) is 0.543. The fraction of sp³-hybridized carbons (Fsp3) is 0.412. The molecule has 0 radical (unpaired) electrons. The molecular formula is C17H24N2. The summed E-state index contributed by atoms with van der Waals surface area (Å²) in [4.78, 5) is 0. The fourth-order valence-electron chi connectivity index (χ4n) is 2.23. The van der Waals surface area contributed by atoms with Crippen LogP contribution in [0.15, 0.2) is 36.5 Å². The molecule has 0 fully saturated rings. The van der Waals surface area contributed by atoms with Crippen molar-refractivity contribution in [2.45, 2.75) is 47.0 Å². The number of nitrogens with zero attached hydrogens (tertiary/aromatic N) is 2. The van der Waals surface area contributed by atoms with Gasteiger partial charge in [-0.15, -0.1) is 0 Å². The van der Waals surface area contributed by atoms with Crippen molar-refractivity contribution in [3.8, 4) is 11.3 Å². The van der Waals surface area contributed by atoms with Crippen LogP contribution in [0.25, 0.3) is 11.3 Å². The van der Waals surface area contributed by atoms with Gasteiger partial charge in [-0.3, -0.25) is 0 Å². The topological polar surface area (TPSA) is 25.8 Å². The Morgan fingerprint density at radius 2 is 1.79 bits per heavy atom. The molecular weight excluding hydrogens is 232 g/mol. The summed E-state index contributed by atoms with van der Waals surface area (Å²) in [6.07, 6.45) is 2.74. The first-order valence-electron chi connectivity index (χ1n) is 7.14. The lowest BCUT2D eigenvalue weighted by atomic mass is 9.90. The lowest BCUT2D eigenvalue weighted by molar-refractivity contribution is 0.844. The summed E-state index contributed by atoms with van der Waals surface area (Å²) in [6.45, 7) is 10.7. The molecule has 1 aromatic carbocycles. The van der Waals surface area contributed by atoms with Gasteiger partial charge in [0.05, 0.1) is 5.69 Å². The monoisotopic (exact) mass is 256 g/mol. The molecule has 0 spiro atoms. The Morgan fingerprint density at radius 1 is 1.05 bits per heavy atom. The van der Waals surface area contributed by atoms with Crippen LogP contribution in [-0.4, -0.2) is 10.2 Å². The normalized spacial score (nSPS) is 10.0. The molecule has 0 saturated heterocycles. The van der Waals surface area contributed by atoms with E-state index in [2.05, 4.69) is 49.2 Å². The second-order valence-corrected chi connectivity index (χ2v) is 4.49. The van der Waals surface area contributed by atoms with E-state index in [-0.39, 0.29) is 0 Å². The van der Waals surface area contributed by atoms with Crippen molar-refractivity contribution in [1.82, 2.24) is 10.2 Å². The highest BCUT2D eigenvalue weighted by Crippen LogP contribution is 2.29. The van der Waals surface area contributed by atoms with Gasteiger partial charge < -0.3 is 0 Å². The summed E-state index contributed by atoms with van der Waals surface area (Å²) in [5.41, 5.74) is 4.98. The van der Waals surface area contributed by atoms with Crippen LogP contribution in [0.4, 0.5) is 0 Å². The number of hydrogen-bond acceptors (Lipinski definition) is 2. The minimum absolute atomic E-state index is 0.543. The highest BCUT2D eigenvalue weighted by Gasteiger charge is 2.11. The number of benzene rings is 1. The van der Waals surface area contributed by atoms with E-state index in [1.807, 2.05) is 26.0 Å². The Morgan fingerprint density at radius 3 is 2.32 bits per heavy atom. The first-order valence-corrected chi connectivity index (χ1v) is 7.14. The van der Waals surface area contributed by atoms with Crippen LogP contribution in [0.5, 0.6) is 0 Å². The molecule has 0 amide bonds. The largest absolute Gasteiger partial charge is 0.159 e. The summed E-state index contributed by atoms with van der Waals surface area (Å²) in [5, 5.41) is 8.17. The van der Waals surface area contributed by atoms with Gasteiger partial charge in [0.1, 0.15) is 0 Å². The molecule has 0 unspecified atom stereocenters. The SMILES string of the molecule is CC.CCc1c(-c2cccnn2)cccc1C(C)C. The van der Waals surface area contributed by atoms with Gasteiger partial charge in [0.15, 0.2) is 0 Å². The maximum Gasteiger partial charge on any atom is 0.0932 e. The van der Waals surface area contributed by atoms with Crippen molar-refractivity contribution in [1.29, 1.82) is 0 Å². The average Bonchev–Trinajstić information content (AvgIpc) is 2.49. The molecule has 1 heterocycles.